The third-order valence-corrected chi connectivity index (χ3v) is 2.20. The highest BCUT2D eigenvalue weighted by Gasteiger charge is 2.06. The predicted molar refractivity (Wildman–Crippen MR) is 57.5 cm³/mol. The minimum absolute atomic E-state index is 0.0641. The first-order chi connectivity index (χ1) is 6.69. The van der Waals surface area contributed by atoms with Crippen molar-refractivity contribution in [2.45, 2.75) is 19.8 Å². The molecule has 0 heterocycles. The van der Waals surface area contributed by atoms with E-state index in [1.165, 1.54) is 0 Å². The summed E-state index contributed by atoms with van der Waals surface area (Å²) in [5, 5.41) is 8.97. The molecule has 1 atom stereocenters. The number of aliphatic hydroxyl groups excluding tert-OH is 1. The van der Waals surface area contributed by atoms with E-state index in [1.54, 1.807) is 0 Å². The lowest BCUT2D eigenvalue weighted by molar-refractivity contribution is 0.282. The van der Waals surface area contributed by atoms with Gasteiger partial charge in [0.05, 0.1) is 6.61 Å². The lowest BCUT2D eigenvalue weighted by atomic mass is 10.0. The van der Waals surface area contributed by atoms with Crippen LogP contribution in [0, 0.1) is 13.8 Å². The number of hydrogen-bond acceptors (Lipinski definition) is 2. The molecular weight excluding hydrogens is 176 g/mol. The molecule has 1 radical (unpaired) electrons. The lowest BCUT2D eigenvalue weighted by Crippen LogP contribution is -2.01. The summed E-state index contributed by atoms with van der Waals surface area (Å²) in [6.45, 7) is 8.54. The first kappa shape index (κ1) is 11.1. The van der Waals surface area contributed by atoms with Gasteiger partial charge in [-0.3, -0.25) is 0 Å². The normalized spacial score (nSPS) is 12.6. The SMILES string of the molecule is [CH2]C(CO)c1ccc(C)c(OCC)c1. The molecule has 1 rings (SSSR count). The van der Waals surface area contributed by atoms with Gasteiger partial charge in [-0.2, -0.15) is 0 Å². The minimum Gasteiger partial charge on any atom is -0.494 e. The van der Waals surface area contributed by atoms with Gasteiger partial charge in [0, 0.05) is 12.5 Å². The largest absolute Gasteiger partial charge is 0.494 e. The maximum absolute atomic E-state index is 8.97. The summed E-state index contributed by atoms with van der Waals surface area (Å²) in [6, 6.07) is 5.92. The summed E-state index contributed by atoms with van der Waals surface area (Å²) in [5.74, 6) is 0.807. The molecule has 1 aromatic carbocycles. The molecule has 0 saturated heterocycles. The van der Waals surface area contributed by atoms with Crippen molar-refractivity contribution in [1.29, 1.82) is 0 Å². The molecule has 0 aliphatic heterocycles. The standard InChI is InChI=1S/C12H17O2/c1-4-14-12-7-11(10(3)8-13)6-5-9(12)2/h5-7,10,13H,3-4,8H2,1-2H3. The minimum atomic E-state index is -0.0743. The van der Waals surface area contributed by atoms with Crippen molar-refractivity contribution in [3.8, 4) is 5.75 Å². The van der Waals surface area contributed by atoms with Crippen LogP contribution < -0.4 is 4.74 Å². The highest BCUT2D eigenvalue weighted by atomic mass is 16.5. The molecule has 0 spiro atoms. The van der Waals surface area contributed by atoms with E-state index in [1.807, 2.05) is 32.0 Å². The van der Waals surface area contributed by atoms with Crippen LogP contribution in [0.1, 0.15) is 24.0 Å². The molecule has 1 aromatic rings. The number of rotatable bonds is 4. The number of aryl methyl sites for hydroxylation is 1. The van der Waals surface area contributed by atoms with Crippen molar-refractivity contribution in [3.05, 3.63) is 36.2 Å². The van der Waals surface area contributed by atoms with Gasteiger partial charge in [0.15, 0.2) is 0 Å². The van der Waals surface area contributed by atoms with Crippen LogP contribution in [0.2, 0.25) is 0 Å². The molecule has 14 heavy (non-hydrogen) atoms. The molecule has 0 bridgehead atoms. The fraction of sp³-hybridized carbons (Fsp3) is 0.417. The summed E-state index contributed by atoms with van der Waals surface area (Å²) >= 11 is 0. The average molecular weight is 193 g/mol. The van der Waals surface area contributed by atoms with E-state index in [4.69, 9.17) is 9.84 Å². The van der Waals surface area contributed by atoms with Gasteiger partial charge in [-0.25, -0.2) is 0 Å². The Morgan fingerprint density at radius 3 is 2.79 bits per heavy atom. The second-order valence-corrected chi connectivity index (χ2v) is 3.34. The molecule has 1 N–H and O–H groups in total. The van der Waals surface area contributed by atoms with Crippen LogP contribution in [-0.4, -0.2) is 18.3 Å². The Balaban J connectivity index is 2.93. The number of hydrogen-bond donors (Lipinski definition) is 1. The lowest BCUT2D eigenvalue weighted by Gasteiger charge is -2.12. The molecule has 1 unspecified atom stereocenters. The third-order valence-electron chi connectivity index (χ3n) is 2.20. The van der Waals surface area contributed by atoms with Gasteiger partial charge in [0.1, 0.15) is 5.75 Å². The molecule has 0 aromatic heterocycles. The van der Waals surface area contributed by atoms with E-state index < -0.39 is 0 Å². The van der Waals surface area contributed by atoms with E-state index in [0.717, 1.165) is 16.9 Å². The summed E-state index contributed by atoms with van der Waals surface area (Å²) < 4.78 is 5.46. The Hall–Kier alpha value is -1.02. The zero-order valence-corrected chi connectivity index (χ0v) is 8.79. The summed E-state index contributed by atoms with van der Waals surface area (Å²) in [5.41, 5.74) is 2.13. The summed E-state index contributed by atoms with van der Waals surface area (Å²) in [7, 11) is 0. The molecule has 0 saturated carbocycles. The van der Waals surface area contributed by atoms with E-state index in [0.29, 0.717) is 6.61 Å². The Kier molecular flexibility index (Phi) is 3.96. The molecule has 0 aliphatic carbocycles. The van der Waals surface area contributed by atoms with Gasteiger partial charge in [0.25, 0.3) is 0 Å². The number of benzene rings is 1. The first-order valence-electron chi connectivity index (χ1n) is 4.86. The number of ether oxygens (including phenoxy) is 1. The highest BCUT2D eigenvalue weighted by Crippen LogP contribution is 2.23. The maximum atomic E-state index is 8.97. The van der Waals surface area contributed by atoms with Crippen LogP contribution in [0.25, 0.3) is 0 Å². The van der Waals surface area contributed by atoms with Gasteiger partial charge in [-0.15, -0.1) is 0 Å². The second kappa shape index (κ2) is 5.01. The van der Waals surface area contributed by atoms with Crippen molar-refractivity contribution in [2.75, 3.05) is 13.2 Å². The van der Waals surface area contributed by atoms with Crippen molar-refractivity contribution < 1.29 is 9.84 Å². The van der Waals surface area contributed by atoms with E-state index in [9.17, 15) is 0 Å². The van der Waals surface area contributed by atoms with Crippen LogP contribution in [-0.2, 0) is 0 Å². The zero-order chi connectivity index (χ0) is 10.6. The molecule has 0 fully saturated rings. The zero-order valence-electron chi connectivity index (χ0n) is 8.79. The first-order valence-corrected chi connectivity index (χ1v) is 4.86. The Labute approximate surface area is 85.5 Å². The van der Waals surface area contributed by atoms with E-state index in [-0.39, 0.29) is 12.5 Å². The smallest absolute Gasteiger partial charge is 0.122 e. The van der Waals surface area contributed by atoms with Gasteiger partial charge in [0.2, 0.25) is 0 Å². The van der Waals surface area contributed by atoms with Crippen molar-refractivity contribution in [3.63, 3.8) is 0 Å². The third kappa shape index (κ3) is 2.48. The van der Waals surface area contributed by atoms with E-state index >= 15 is 0 Å². The van der Waals surface area contributed by atoms with Crippen molar-refractivity contribution in [2.24, 2.45) is 0 Å². The quantitative estimate of drug-likeness (QED) is 0.795. The topological polar surface area (TPSA) is 29.5 Å². The Bertz CT molecular complexity index is 294. The fourth-order valence-electron chi connectivity index (χ4n) is 1.29. The second-order valence-electron chi connectivity index (χ2n) is 3.34. The van der Waals surface area contributed by atoms with Gasteiger partial charge < -0.3 is 9.84 Å². The molecule has 2 nitrogen and oxygen atoms in total. The van der Waals surface area contributed by atoms with Crippen LogP contribution >= 0.6 is 0 Å². The molecule has 0 amide bonds. The molecule has 77 valence electrons. The van der Waals surface area contributed by atoms with Crippen LogP contribution in [0.3, 0.4) is 0 Å². The molecule has 2 heteroatoms. The molecular formula is C12H17O2. The fourth-order valence-corrected chi connectivity index (χ4v) is 1.29. The highest BCUT2D eigenvalue weighted by molar-refractivity contribution is 5.38. The van der Waals surface area contributed by atoms with Crippen LogP contribution in [0.15, 0.2) is 18.2 Å². The summed E-state index contributed by atoms with van der Waals surface area (Å²) in [4.78, 5) is 0. The van der Waals surface area contributed by atoms with Gasteiger partial charge >= 0.3 is 0 Å². The molecule has 0 aliphatic rings. The maximum Gasteiger partial charge on any atom is 0.122 e. The number of aliphatic hydroxyl groups is 1. The summed E-state index contributed by atoms with van der Waals surface area (Å²) in [6.07, 6.45) is 0. The van der Waals surface area contributed by atoms with Crippen LogP contribution in [0.5, 0.6) is 5.75 Å². The van der Waals surface area contributed by atoms with Gasteiger partial charge in [-0.1, -0.05) is 12.1 Å². The van der Waals surface area contributed by atoms with Gasteiger partial charge in [-0.05, 0) is 38.0 Å². The van der Waals surface area contributed by atoms with Crippen molar-refractivity contribution in [1.82, 2.24) is 0 Å². The Morgan fingerprint density at radius 1 is 1.50 bits per heavy atom. The van der Waals surface area contributed by atoms with Crippen molar-refractivity contribution >= 4 is 0 Å². The average Bonchev–Trinajstić information content (AvgIpc) is 2.20. The predicted octanol–water partition coefficient (Wildman–Crippen LogP) is 2.30. The monoisotopic (exact) mass is 193 g/mol. The van der Waals surface area contributed by atoms with Crippen LogP contribution in [0.4, 0.5) is 0 Å². The Morgan fingerprint density at radius 2 is 2.21 bits per heavy atom. The van der Waals surface area contributed by atoms with E-state index in [2.05, 4.69) is 6.92 Å².